The molecule has 6 heteroatoms. The quantitative estimate of drug-likeness (QED) is 0.645. The van der Waals surface area contributed by atoms with Crippen LogP contribution in [0.3, 0.4) is 0 Å². The maximum atomic E-state index is 5.91. The summed E-state index contributed by atoms with van der Waals surface area (Å²) >= 11 is 0. The first-order valence-corrected chi connectivity index (χ1v) is 4.87. The maximum Gasteiger partial charge on any atom is 0.204 e. The summed E-state index contributed by atoms with van der Waals surface area (Å²) in [6.07, 6.45) is 0. The lowest BCUT2D eigenvalue weighted by Crippen LogP contribution is -1.88. The van der Waals surface area contributed by atoms with Gasteiger partial charge in [0.1, 0.15) is 0 Å². The fourth-order valence-corrected chi connectivity index (χ4v) is 1.72. The molecule has 0 unspecified atom stereocenters. The molecule has 0 aliphatic heterocycles. The first kappa shape index (κ1) is 11.3. The molecule has 86 valence electrons. The second kappa shape index (κ2) is 4.39. The summed E-state index contributed by atoms with van der Waals surface area (Å²) in [6, 6.07) is 11.7. The van der Waals surface area contributed by atoms with E-state index in [1.807, 2.05) is 36.4 Å². The minimum Gasteiger partial charge on any atom is -0.398 e. The molecule has 1 heterocycles. The smallest absolute Gasteiger partial charge is 0.204 e. The Labute approximate surface area is 103 Å². The van der Waals surface area contributed by atoms with E-state index in [1.165, 1.54) is 0 Å². The number of aromatic amines is 1. The van der Waals surface area contributed by atoms with Gasteiger partial charge in [0.05, 0.1) is 0 Å². The van der Waals surface area contributed by atoms with Crippen LogP contribution in [0.5, 0.6) is 0 Å². The first-order valence-electron chi connectivity index (χ1n) is 4.87. The van der Waals surface area contributed by atoms with Gasteiger partial charge in [-0.3, -0.25) is 0 Å². The summed E-state index contributed by atoms with van der Waals surface area (Å²) in [6.45, 7) is 0. The molecule has 3 rings (SSSR count). The predicted octanol–water partition coefficient (Wildman–Crippen LogP) is 2.02. The van der Waals surface area contributed by atoms with Crippen molar-refractivity contribution < 1.29 is 0 Å². The van der Waals surface area contributed by atoms with Crippen LogP contribution in [0.25, 0.3) is 22.2 Å². The van der Waals surface area contributed by atoms with Gasteiger partial charge in [-0.25, -0.2) is 0 Å². The molecule has 1 aromatic heterocycles. The normalized spacial score (nSPS) is 10.1. The average molecular weight is 248 g/mol. The first-order chi connectivity index (χ1) is 7.84. The zero-order valence-electron chi connectivity index (χ0n) is 8.79. The Morgan fingerprint density at radius 2 is 2.00 bits per heavy atom. The van der Waals surface area contributed by atoms with E-state index in [-0.39, 0.29) is 12.4 Å². The molecule has 17 heavy (non-hydrogen) atoms. The Kier molecular flexibility index (Phi) is 2.93. The fourth-order valence-electron chi connectivity index (χ4n) is 1.72. The van der Waals surface area contributed by atoms with Gasteiger partial charge in [-0.15, -0.1) is 22.6 Å². The Morgan fingerprint density at radius 1 is 1.12 bits per heavy atom. The van der Waals surface area contributed by atoms with Crippen LogP contribution >= 0.6 is 12.4 Å². The lowest BCUT2D eigenvalue weighted by molar-refractivity contribution is 0.881. The Morgan fingerprint density at radius 3 is 2.76 bits per heavy atom. The summed E-state index contributed by atoms with van der Waals surface area (Å²) in [5.41, 5.74) is 7.57. The zero-order chi connectivity index (χ0) is 11.0. The molecule has 2 aromatic carbocycles. The highest BCUT2D eigenvalue weighted by Crippen LogP contribution is 2.25. The zero-order valence-corrected chi connectivity index (χ0v) is 9.61. The molecule has 0 radical (unpaired) electrons. The van der Waals surface area contributed by atoms with Crippen molar-refractivity contribution in [1.82, 2.24) is 20.6 Å². The number of nitrogens with zero attached hydrogens (tertiary/aromatic N) is 3. The van der Waals surface area contributed by atoms with Crippen LogP contribution < -0.4 is 5.73 Å². The third-order valence-electron chi connectivity index (χ3n) is 2.52. The van der Waals surface area contributed by atoms with E-state index >= 15 is 0 Å². The average Bonchev–Trinajstić information content (AvgIpc) is 2.83. The SMILES string of the molecule is Cl.Nc1cccc2ccc(-c3nn[nH]n3)cc12. The van der Waals surface area contributed by atoms with Crippen molar-refractivity contribution in [3.05, 3.63) is 36.4 Å². The molecule has 3 aromatic rings. The largest absolute Gasteiger partial charge is 0.398 e. The molecule has 0 amide bonds. The monoisotopic (exact) mass is 247 g/mol. The molecule has 0 aliphatic carbocycles. The standard InChI is InChI=1S/C11H9N5.ClH/c12-10-3-1-2-7-4-5-8(6-9(7)10)11-13-15-16-14-11;/h1-6H,12H2,(H,13,14,15,16);1H. The highest BCUT2D eigenvalue weighted by atomic mass is 35.5. The fraction of sp³-hybridized carbons (Fsp3) is 0. The summed E-state index contributed by atoms with van der Waals surface area (Å²) in [7, 11) is 0. The molecule has 0 spiro atoms. The maximum absolute atomic E-state index is 5.91. The number of nitrogen functional groups attached to an aromatic ring is 1. The highest BCUT2D eigenvalue weighted by Gasteiger charge is 2.04. The van der Waals surface area contributed by atoms with Gasteiger partial charge in [-0.2, -0.15) is 5.21 Å². The molecule has 0 atom stereocenters. The van der Waals surface area contributed by atoms with E-state index in [2.05, 4.69) is 20.6 Å². The van der Waals surface area contributed by atoms with Crippen LogP contribution in [0, 0.1) is 0 Å². The number of benzene rings is 2. The van der Waals surface area contributed by atoms with Gasteiger partial charge in [0.25, 0.3) is 0 Å². The van der Waals surface area contributed by atoms with Gasteiger partial charge in [0.2, 0.25) is 5.82 Å². The Balaban J connectivity index is 0.00000108. The van der Waals surface area contributed by atoms with Crippen molar-refractivity contribution in [2.45, 2.75) is 0 Å². The molecule has 3 N–H and O–H groups in total. The lowest BCUT2D eigenvalue weighted by atomic mass is 10.1. The number of nitrogens with one attached hydrogen (secondary N) is 1. The molecule has 0 bridgehead atoms. The molecular formula is C11H10ClN5. The van der Waals surface area contributed by atoms with Crippen LogP contribution in [0.1, 0.15) is 0 Å². The Bertz CT molecular complexity index is 635. The molecular weight excluding hydrogens is 238 g/mol. The number of halogens is 1. The van der Waals surface area contributed by atoms with Crippen LogP contribution in [0.15, 0.2) is 36.4 Å². The number of anilines is 1. The van der Waals surface area contributed by atoms with Gasteiger partial charge in [0.15, 0.2) is 0 Å². The van der Waals surface area contributed by atoms with Gasteiger partial charge in [-0.05, 0) is 22.7 Å². The minimum absolute atomic E-state index is 0. The van der Waals surface area contributed by atoms with E-state index in [1.54, 1.807) is 0 Å². The van der Waals surface area contributed by atoms with Crippen molar-refractivity contribution in [2.24, 2.45) is 0 Å². The summed E-state index contributed by atoms with van der Waals surface area (Å²) < 4.78 is 0. The number of rotatable bonds is 1. The van der Waals surface area contributed by atoms with Crippen molar-refractivity contribution in [1.29, 1.82) is 0 Å². The van der Waals surface area contributed by atoms with Crippen LogP contribution in [-0.2, 0) is 0 Å². The van der Waals surface area contributed by atoms with Gasteiger partial charge >= 0.3 is 0 Å². The number of fused-ring (bicyclic) bond motifs is 1. The highest BCUT2D eigenvalue weighted by molar-refractivity contribution is 5.95. The van der Waals surface area contributed by atoms with Crippen molar-refractivity contribution in [2.75, 3.05) is 5.73 Å². The third-order valence-corrected chi connectivity index (χ3v) is 2.52. The van der Waals surface area contributed by atoms with Gasteiger partial charge in [-0.1, -0.05) is 24.3 Å². The molecule has 0 aliphatic rings. The third kappa shape index (κ3) is 1.92. The number of hydrogen-bond donors (Lipinski definition) is 2. The minimum atomic E-state index is 0. The second-order valence-electron chi connectivity index (χ2n) is 3.52. The number of H-pyrrole nitrogens is 1. The lowest BCUT2D eigenvalue weighted by Gasteiger charge is -2.02. The van der Waals surface area contributed by atoms with E-state index in [4.69, 9.17) is 5.73 Å². The van der Waals surface area contributed by atoms with Crippen molar-refractivity contribution >= 4 is 28.9 Å². The van der Waals surface area contributed by atoms with Crippen molar-refractivity contribution in [3.63, 3.8) is 0 Å². The second-order valence-corrected chi connectivity index (χ2v) is 3.52. The van der Waals surface area contributed by atoms with E-state index < -0.39 is 0 Å². The molecule has 0 saturated heterocycles. The number of hydrogen-bond acceptors (Lipinski definition) is 4. The summed E-state index contributed by atoms with van der Waals surface area (Å²) in [5, 5.41) is 15.9. The van der Waals surface area contributed by atoms with Crippen molar-refractivity contribution in [3.8, 4) is 11.4 Å². The van der Waals surface area contributed by atoms with E-state index in [9.17, 15) is 0 Å². The van der Waals surface area contributed by atoms with Crippen LogP contribution in [-0.4, -0.2) is 20.6 Å². The van der Waals surface area contributed by atoms with Crippen LogP contribution in [0.2, 0.25) is 0 Å². The molecule has 0 fully saturated rings. The van der Waals surface area contributed by atoms with Gasteiger partial charge in [0, 0.05) is 16.6 Å². The topological polar surface area (TPSA) is 80.5 Å². The number of nitrogens with two attached hydrogens (primary N) is 1. The summed E-state index contributed by atoms with van der Waals surface area (Å²) in [4.78, 5) is 0. The Hall–Kier alpha value is -2.14. The van der Waals surface area contributed by atoms with Gasteiger partial charge < -0.3 is 5.73 Å². The number of tetrazole rings is 1. The van der Waals surface area contributed by atoms with E-state index in [0.717, 1.165) is 22.0 Å². The molecule has 5 nitrogen and oxygen atoms in total. The molecule has 0 saturated carbocycles. The summed E-state index contributed by atoms with van der Waals surface area (Å²) in [5.74, 6) is 0.574. The van der Waals surface area contributed by atoms with Crippen LogP contribution in [0.4, 0.5) is 5.69 Å². The van der Waals surface area contributed by atoms with E-state index in [0.29, 0.717) is 5.82 Å². The number of aromatic nitrogens is 4. The predicted molar refractivity (Wildman–Crippen MR) is 68.8 cm³/mol.